The molecule has 15 heavy (non-hydrogen) atoms. The Labute approximate surface area is 96.1 Å². The zero-order valence-corrected chi connectivity index (χ0v) is 8.52. The van der Waals surface area contributed by atoms with Crippen molar-refractivity contribution < 1.29 is 51.9 Å². The molecule has 0 saturated carbocycles. The first kappa shape index (κ1) is 29.2. The average Bonchev–Trinajstić information content (AvgIpc) is 2.08. The smallest absolute Gasteiger partial charge is 0.665 e. The first-order chi connectivity index (χ1) is 6.51. The summed E-state index contributed by atoms with van der Waals surface area (Å²) in [6.45, 7) is 4.59. The van der Waals surface area contributed by atoms with Crippen molar-refractivity contribution >= 4 is 25.3 Å². The van der Waals surface area contributed by atoms with E-state index in [4.69, 9.17) is 29.7 Å². The second kappa shape index (κ2) is 56.9. The molecule has 0 saturated heterocycles. The van der Waals surface area contributed by atoms with Crippen molar-refractivity contribution in [2.24, 2.45) is 5.73 Å². The molecule has 0 bridgehead atoms. The molecule has 0 atom stereocenters. The summed E-state index contributed by atoms with van der Waals surface area (Å²) in [5.41, 5.74) is 4.53. The molecule has 0 spiro atoms. The van der Waals surface area contributed by atoms with Gasteiger partial charge in [-0.3, -0.25) is 4.79 Å². The fourth-order valence-corrected chi connectivity index (χ4v) is 0. The average molecular weight is 258 g/mol. The summed E-state index contributed by atoms with van der Waals surface area (Å²) in [6, 6.07) is 0. The number of rotatable bonds is 1. The monoisotopic (exact) mass is 258 g/mol. The van der Waals surface area contributed by atoms with Crippen LogP contribution in [0.15, 0.2) is 12.7 Å². The molecule has 1 radical (unpaired) electrons. The summed E-state index contributed by atoms with van der Waals surface area (Å²) in [5.74, 6) is -0.481. The van der Waals surface area contributed by atoms with Crippen LogP contribution >= 0.6 is 0 Å². The molecular formula is C6H8CrNO7. The van der Waals surface area contributed by atoms with Crippen LogP contribution in [0.2, 0.25) is 0 Å². The molecular weight excluding hydrogens is 250 g/mol. The van der Waals surface area contributed by atoms with E-state index in [0.717, 1.165) is 6.08 Å². The minimum atomic E-state index is -0.481. The second-order valence-electron chi connectivity index (χ2n) is 0.880. The van der Waals surface area contributed by atoms with Crippen molar-refractivity contribution in [3.05, 3.63) is 12.7 Å². The largest absolute Gasteiger partial charge is 3.00 e. The third kappa shape index (κ3) is 53900. The Hall–Kier alpha value is -1.85. The SMILES string of the molecule is C=CC(N)=O.O=[C-]O.O=[C-]O.O=[C-]O.[Cr+3]. The molecule has 0 aliphatic carbocycles. The number of hydrogen-bond donors (Lipinski definition) is 4. The van der Waals surface area contributed by atoms with Crippen LogP contribution in [0, 0.1) is 0 Å². The van der Waals surface area contributed by atoms with Crippen LogP contribution in [0.25, 0.3) is 0 Å². The van der Waals surface area contributed by atoms with E-state index in [1.54, 1.807) is 0 Å². The molecule has 0 aromatic rings. The van der Waals surface area contributed by atoms with Crippen LogP contribution in [0.4, 0.5) is 0 Å². The van der Waals surface area contributed by atoms with E-state index < -0.39 is 5.91 Å². The first-order valence-corrected chi connectivity index (χ1v) is 2.47. The Kier molecular flexibility index (Phi) is 111. The summed E-state index contributed by atoms with van der Waals surface area (Å²) < 4.78 is 0. The Balaban J connectivity index is -0.0000000300. The maximum Gasteiger partial charge on any atom is 3.00 e. The van der Waals surface area contributed by atoms with Gasteiger partial charge in [0, 0.05) is 0 Å². The third-order valence-electron chi connectivity index (χ3n) is 0.201. The van der Waals surface area contributed by atoms with Gasteiger partial charge >= 0.3 is 17.4 Å². The Morgan fingerprint density at radius 1 is 1.07 bits per heavy atom. The standard InChI is InChI=1S/C3H5NO.3CHO2.Cr/c1-2-3(4)5;3*2-1-3;/h2H,1H2,(H2,4,5);3*(H,2,3);/q;3*-1;+3. The van der Waals surface area contributed by atoms with Crippen LogP contribution < -0.4 is 5.73 Å². The Morgan fingerprint density at radius 3 is 1.13 bits per heavy atom. The van der Waals surface area contributed by atoms with Crippen molar-refractivity contribution in [3.8, 4) is 0 Å². The van der Waals surface area contributed by atoms with Gasteiger partial charge < -0.3 is 35.4 Å². The van der Waals surface area contributed by atoms with Gasteiger partial charge in [0.25, 0.3) is 0 Å². The van der Waals surface area contributed by atoms with Gasteiger partial charge in [-0.15, -0.1) is 0 Å². The van der Waals surface area contributed by atoms with Gasteiger partial charge in [-0.05, 0) is 6.08 Å². The summed E-state index contributed by atoms with van der Waals surface area (Å²) in [4.78, 5) is 34.2. The summed E-state index contributed by atoms with van der Waals surface area (Å²) in [6.07, 6.45) is 1.06. The number of nitrogens with two attached hydrogens (primary N) is 1. The van der Waals surface area contributed by atoms with Gasteiger partial charge in [-0.1, -0.05) is 26.0 Å². The second-order valence-corrected chi connectivity index (χ2v) is 0.880. The van der Waals surface area contributed by atoms with E-state index in [9.17, 15) is 4.79 Å². The van der Waals surface area contributed by atoms with E-state index in [0.29, 0.717) is 19.4 Å². The van der Waals surface area contributed by atoms with Gasteiger partial charge in [0.05, 0.1) is 0 Å². The van der Waals surface area contributed by atoms with Crippen molar-refractivity contribution in [2.75, 3.05) is 0 Å². The molecule has 5 N–H and O–H groups in total. The van der Waals surface area contributed by atoms with E-state index in [-0.39, 0.29) is 17.4 Å². The van der Waals surface area contributed by atoms with E-state index in [2.05, 4.69) is 12.3 Å². The maximum atomic E-state index is 9.47. The molecule has 8 nitrogen and oxygen atoms in total. The number of aliphatic hydroxyl groups excluding tert-OH is 3. The zero-order valence-electron chi connectivity index (χ0n) is 7.24. The normalized spacial score (nSPS) is 4.53. The zero-order chi connectivity index (χ0) is 12.4. The number of amides is 1. The van der Waals surface area contributed by atoms with E-state index in [1.165, 1.54) is 0 Å². The molecule has 0 heterocycles. The number of primary amides is 1. The molecule has 0 aromatic carbocycles. The predicted octanol–water partition coefficient (Wildman–Crippen LogP) is -1.51. The van der Waals surface area contributed by atoms with E-state index >= 15 is 0 Å². The summed E-state index contributed by atoms with van der Waals surface area (Å²) >= 11 is 0. The van der Waals surface area contributed by atoms with Gasteiger partial charge in [0.2, 0.25) is 5.91 Å². The van der Waals surface area contributed by atoms with Gasteiger partial charge in [-0.2, -0.15) is 0 Å². The van der Waals surface area contributed by atoms with Crippen LogP contribution in [-0.4, -0.2) is 40.6 Å². The van der Waals surface area contributed by atoms with Crippen molar-refractivity contribution in [1.29, 1.82) is 0 Å². The molecule has 0 aromatic heterocycles. The minimum absolute atomic E-state index is 0. The van der Waals surface area contributed by atoms with E-state index in [1.807, 2.05) is 0 Å². The first-order valence-electron chi connectivity index (χ1n) is 2.47. The number of carbonyl (C=O) groups excluding carboxylic acids is 1. The van der Waals surface area contributed by atoms with Crippen LogP contribution in [0.1, 0.15) is 0 Å². The van der Waals surface area contributed by atoms with Gasteiger partial charge in [-0.25, -0.2) is 0 Å². The number of hydrogen-bond acceptors (Lipinski definition) is 4. The molecule has 0 aliphatic rings. The fourth-order valence-electron chi connectivity index (χ4n) is 0. The van der Waals surface area contributed by atoms with Gasteiger partial charge in [0.15, 0.2) is 0 Å². The molecule has 9 heteroatoms. The third-order valence-corrected chi connectivity index (χ3v) is 0.201. The number of carbonyl (C=O) groups is 1. The van der Waals surface area contributed by atoms with Crippen molar-refractivity contribution in [2.45, 2.75) is 0 Å². The van der Waals surface area contributed by atoms with Crippen LogP contribution in [0.3, 0.4) is 0 Å². The molecule has 0 fully saturated rings. The molecule has 85 valence electrons. The Morgan fingerprint density at radius 2 is 1.13 bits per heavy atom. The summed E-state index contributed by atoms with van der Waals surface area (Å²) in [5, 5.41) is 20.3. The quantitative estimate of drug-likeness (QED) is 0.329. The molecule has 1 amide bonds. The maximum absolute atomic E-state index is 9.47. The Bertz CT molecular complexity index is 147. The molecule has 0 rings (SSSR count). The molecule has 0 unspecified atom stereocenters. The summed E-state index contributed by atoms with van der Waals surface area (Å²) in [7, 11) is 0. The fraction of sp³-hybridized carbons (Fsp3) is 0. The van der Waals surface area contributed by atoms with Crippen molar-refractivity contribution in [3.63, 3.8) is 0 Å². The van der Waals surface area contributed by atoms with Gasteiger partial charge in [0.1, 0.15) is 0 Å². The topological polar surface area (TPSA) is 155 Å². The van der Waals surface area contributed by atoms with Crippen LogP contribution in [0.5, 0.6) is 0 Å². The minimum Gasteiger partial charge on any atom is -0.665 e. The van der Waals surface area contributed by atoms with Crippen molar-refractivity contribution in [1.82, 2.24) is 0 Å². The van der Waals surface area contributed by atoms with Crippen LogP contribution in [-0.2, 0) is 36.5 Å². The predicted molar refractivity (Wildman–Crippen MR) is 44.4 cm³/mol. The molecule has 0 aliphatic heterocycles.